The van der Waals surface area contributed by atoms with Gasteiger partial charge in [0.05, 0.1) is 15.7 Å². The van der Waals surface area contributed by atoms with Crippen LogP contribution in [0.5, 0.6) is 0 Å². The summed E-state index contributed by atoms with van der Waals surface area (Å²) in [4.78, 5) is 16.6. The monoisotopic (exact) mass is 335 g/mol. The molecule has 118 valence electrons. The molecule has 4 rings (SSSR count). The van der Waals surface area contributed by atoms with Gasteiger partial charge in [0.15, 0.2) is 5.76 Å². The van der Waals surface area contributed by atoms with E-state index in [9.17, 15) is 4.79 Å². The predicted molar refractivity (Wildman–Crippen MR) is 96.1 cm³/mol. The Morgan fingerprint density at radius 2 is 2.04 bits per heavy atom. The lowest BCUT2D eigenvalue weighted by atomic mass is 10.1. The normalized spacial score (nSPS) is 10.8. The topological polar surface area (TPSA) is 81.2 Å². The van der Waals surface area contributed by atoms with E-state index in [4.69, 9.17) is 10.2 Å². The van der Waals surface area contributed by atoms with Crippen LogP contribution >= 0.6 is 11.3 Å². The van der Waals surface area contributed by atoms with Gasteiger partial charge in [-0.05, 0) is 42.5 Å². The quantitative estimate of drug-likeness (QED) is 0.544. The number of hydrogen-bond donors (Lipinski definition) is 2. The summed E-state index contributed by atoms with van der Waals surface area (Å²) in [5.41, 5.74) is 10.7. The first kappa shape index (κ1) is 14.5. The Balaban J connectivity index is 1.56. The Kier molecular flexibility index (Phi) is 3.51. The van der Waals surface area contributed by atoms with Crippen LogP contribution in [0.1, 0.15) is 10.6 Å². The molecule has 0 bridgehead atoms. The number of rotatable bonds is 3. The van der Waals surface area contributed by atoms with Crippen molar-refractivity contribution < 1.29 is 9.21 Å². The third-order valence-electron chi connectivity index (χ3n) is 3.59. The van der Waals surface area contributed by atoms with Gasteiger partial charge in [-0.25, -0.2) is 4.98 Å². The van der Waals surface area contributed by atoms with Crippen molar-refractivity contribution in [2.45, 2.75) is 0 Å². The molecule has 0 saturated heterocycles. The van der Waals surface area contributed by atoms with Gasteiger partial charge >= 0.3 is 0 Å². The number of nitrogens with zero attached hydrogens (tertiary/aromatic N) is 1. The molecule has 2 aromatic heterocycles. The fourth-order valence-corrected chi connectivity index (χ4v) is 3.15. The molecule has 0 fully saturated rings. The zero-order valence-electron chi connectivity index (χ0n) is 12.5. The molecule has 1 amide bonds. The summed E-state index contributed by atoms with van der Waals surface area (Å²) in [5.74, 6) is 0.552. The van der Waals surface area contributed by atoms with Crippen LogP contribution in [0.25, 0.3) is 21.5 Å². The first-order valence-electron chi connectivity index (χ1n) is 7.29. The maximum atomic E-state index is 12.4. The molecular formula is C18H13N3O2S. The smallest absolute Gasteiger partial charge is 0.291 e. The summed E-state index contributed by atoms with van der Waals surface area (Å²) in [6.45, 7) is 0. The van der Waals surface area contributed by atoms with Crippen molar-refractivity contribution in [3.63, 3.8) is 0 Å². The SMILES string of the molecule is Nc1cccc(-c2ccc(C(=O)Nc3ccc4ncsc4c3)o2)c1. The highest BCUT2D eigenvalue weighted by Crippen LogP contribution is 2.25. The lowest BCUT2D eigenvalue weighted by molar-refractivity contribution is 0.0997. The molecule has 0 saturated carbocycles. The average Bonchev–Trinajstić information content (AvgIpc) is 3.24. The van der Waals surface area contributed by atoms with Crippen LogP contribution < -0.4 is 11.1 Å². The van der Waals surface area contributed by atoms with E-state index in [1.54, 1.807) is 29.8 Å². The fraction of sp³-hybridized carbons (Fsp3) is 0. The first-order chi connectivity index (χ1) is 11.7. The van der Waals surface area contributed by atoms with Gasteiger partial charge in [0.25, 0.3) is 5.91 Å². The van der Waals surface area contributed by atoms with E-state index >= 15 is 0 Å². The van der Waals surface area contributed by atoms with E-state index < -0.39 is 0 Å². The molecule has 0 aliphatic heterocycles. The zero-order chi connectivity index (χ0) is 16.5. The summed E-state index contributed by atoms with van der Waals surface area (Å²) in [5, 5.41) is 2.84. The summed E-state index contributed by atoms with van der Waals surface area (Å²) < 4.78 is 6.67. The van der Waals surface area contributed by atoms with E-state index in [0.29, 0.717) is 17.1 Å². The molecular weight excluding hydrogens is 322 g/mol. The molecule has 0 spiro atoms. The number of nitrogen functional groups attached to an aromatic ring is 1. The van der Waals surface area contributed by atoms with E-state index in [-0.39, 0.29) is 11.7 Å². The van der Waals surface area contributed by atoms with E-state index in [1.165, 1.54) is 11.3 Å². The number of aromatic nitrogens is 1. The van der Waals surface area contributed by atoms with Gasteiger partial charge in [-0.1, -0.05) is 12.1 Å². The second-order valence-electron chi connectivity index (χ2n) is 5.28. The summed E-state index contributed by atoms with van der Waals surface area (Å²) in [6, 6.07) is 16.3. The largest absolute Gasteiger partial charge is 0.451 e. The number of furan rings is 1. The Morgan fingerprint density at radius 3 is 2.92 bits per heavy atom. The van der Waals surface area contributed by atoms with Crippen molar-refractivity contribution in [3.05, 3.63) is 65.9 Å². The van der Waals surface area contributed by atoms with Crippen molar-refractivity contribution in [2.24, 2.45) is 0 Å². The van der Waals surface area contributed by atoms with E-state index in [1.807, 2.05) is 30.3 Å². The predicted octanol–water partition coefficient (Wildman–Crippen LogP) is 4.39. The molecule has 0 aliphatic carbocycles. The van der Waals surface area contributed by atoms with Crippen LogP contribution in [-0.2, 0) is 0 Å². The third-order valence-corrected chi connectivity index (χ3v) is 4.38. The number of hydrogen-bond acceptors (Lipinski definition) is 5. The summed E-state index contributed by atoms with van der Waals surface area (Å²) in [6.07, 6.45) is 0. The molecule has 2 aromatic carbocycles. The molecule has 0 unspecified atom stereocenters. The fourth-order valence-electron chi connectivity index (χ4n) is 2.43. The number of nitrogens with two attached hydrogens (primary N) is 1. The minimum atomic E-state index is -0.297. The van der Waals surface area contributed by atoms with E-state index in [2.05, 4.69) is 10.3 Å². The van der Waals surface area contributed by atoms with Gasteiger partial charge in [0.1, 0.15) is 5.76 Å². The Bertz CT molecular complexity index is 1040. The molecule has 24 heavy (non-hydrogen) atoms. The van der Waals surface area contributed by atoms with Crippen LogP contribution in [0.4, 0.5) is 11.4 Å². The van der Waals surface area contributed by atoms with Gasteiger partial charge in [-0.2, -0.15) is 0 Å². The highest BCUT2D eigenvalue weighted by atomic mass is 32.1. The summed E-state index contributed by atoms with van der Waals surface area (Å²) in [7, 11) is 0. The second kappa shape index (κ2) is 5.82. The molecule has 2 heterocycles. The molecule has 4 aromatic rings. The summed E-state index contributed by atoms with van der Waals surface area (Å²) >= 11 is 1.53. The van der Waals surface area contributed by atoms with Crippen molar-refractivity contribution in [1.82, 2.24) is 4.98 Å². The third kappa shape index (κ3) is 2.75. The van der Waals surface area contributed by atoms with Crippen molar-refractivity contribution >= 4 is 38.8 Å². The minimum absolute atomic E-state index is 0.247. The lowest BCUT2D eigenvalue weighted by Crippen LogP contribution is -2.10. The highest BCUT2D eigenvalue weighted by Gasteiger charge is 2.13. The second-order valence-corrected chi connectivity index (χ2v) is 6.16. The molecule has 3 N–H and O–H groups in total. The van der Waals surface area contributed by atoms with Gasteiger partial charge in [-0.3, -0.25) is 4.79 Å². The maximum Gasteiger partial charge on any atom is 0.291 e. The molecule has 5 nitrogen and oxygen atoms in total. The number of fused-ring (bicyclic) bond motifs is 1. The van der Waals surface area contributed by atoms with Gasteiger partial charge < -0.3 is 15.5 Å². The molecule has 0 radical (unpaired) electrons. The number of carbonyl (C=O) groups excluding carboxylic acids is 1. The number of amides is 1. The van der Waals surface area contributed by atoms with Crippen LogP contribution in [0, 0.1) is 0 Å². The molecule has 0 aliphatic rings. The number of benzene rings is 2. The van der Waals surface area contributed by atoms with Crippen molar-refractivity contribution in [3.8, 4) is 11.3 Å². The number of nitrogens with one attached hydrogen (secondary N) is 1. The maximum absolute atomic E-state index is 12.4. The average molecular weight is 335 g/mol. The van der Waals surface area contributed by atoms with Crippen molar-refractivity contribution in [1.29, 1.82) is 0 Å². The Labute approximate surface area is 141 Å². The first-order valence-corrected chi connectivity index (χ1v) is 8.17. The molecule has 6 heteroatoms. The number of carbonyl (C=O) groups is 1. The van der Waals surface area contributed by atoms with Crippen LogP contribution in [0.3, 0.4) is 0 Å². The lowest BCUT2D eigenvalue weighted by Gasteiger charge is -2.03. The minimum Gasteiger partial charge on any atom is -0.451 e. The van der Waals surface area contributed by atoms with Crippen LogP contribution in [0.2, 0.25) is 0 Å². The van der Waals surface area contributed by atoms with Gasteiger partial charge in [0.2, 0.25) is 0 Å². The molecule has 0 atom stereocenters. The highest BCUT2D eigenvalue weighted by molar-refractivity contribution is 7.16. The van der Waals surface area contributed by atoms with Crippen LogP contribution in [-0.4, -0.2) is 10.9 Å². The number of thiazole rings is 1. The van der Waals surface area contributed by atoms with Gasteiger partial charge in [0, 0.05) is 16.9 Å². The number of anilines is 2. The van der Waals surface area contributed by atoms with Gasteiger partial charge in [-0.15, -0.1) is 11.3 Å². The Morgan fingerprint density at radius 1 is 1.12 bits per heavy atom. The zero-order valence-corrected chi connectivity index (χ0v) is 13.3. The standard InChI is InChI=1S/C18H13N3O2S/c19-12-3-1-2-11(8-12)15-6-7-16(23-15)18(22)21-13-4-5-14-17(9-13)24-10-20-14/h1-10H,19H2,(H,21,22). The van der Waals surface area contributed by atoms with Crippen molar-refractivity contribution in [2.75, 3.05) is 11.1 Å². The Hall–Kier alpha value is -3.12. The van der Waals surface area contributed by atoms with E-state index in [0.717, 1.165) is 15.8 Å². The van der Waals surface area contributed by atoms with Crippen LogP contribution in [0.15, 0.2) is 64.5 Å².